The first-order valence-electron chi connectivity index (χ1n) is 19.2. The van der Waals surface area contributed by atoms with Crippen LogP contribution in [0.2, 0.25) is 0 Å². The fourth-order valence-electron chi connectivity index (χ4n) is 8.99. The van der Waals surface area contributed by atoms with Crippen molar-refractivity contribution in [2.45, 2.75) is 69.4 Å². The van der Waals surface area contributed by atoms with Gasteiger partial charge in [0.05, 0.1) is 53.6 Å². The number of aromatic nitrogens is 5. The lowest BCUT2D eigenvalue weighted by molar-refractivity contribution is -0.135. The van der Waals surface area contributed by atoms with E-state index >= 15 is 0 Å². The summed E-state index contributed by atoms with van der Waals surface area (Å²) < 4.78 is 16.7. The Morgan fingerprint density at radius 2 is 1.75 bits per heavy atom. The molecular formula is C41H45N9O6. The van der Waals surface area contributed by atoms with Gasteiger partial charge in [-0.1, -0.05) is 0 Å². The van der Waals surface area contributed by atoms with Crippen molar-refractivity contribution in [2.24, 2.45) is 13.0 Å². The molecule has 0 radical (unpaired) electrons. The molecular weight excluding hydrogens is 715 g/mol. The number of anilines is 1. The number of nitrogens with one attached hydrogen (secondary N) is 2. The van der Waals surface area contributed by atoms with Gasteiger partial charge in [-0.05, 0) is 94.1 Å². The van der Waals surface area contributed by atoms with Crippen LogP contribution in [0.5, 0.6) is 11.5 Å². The van der Waals surface area contributed by atoms with E-state index in [9.17, 15) is 24.4 Å². The lowest BCUT2D eigenvalue weighted by atomic mass is 9.84. The van der Waals surface area contributed by atoms with Crippen LogP contribution < -0.4 is 25.8 Å². The quantitative estimate of drug-likeness (QED) is 0.198. The van der Waals surface area contributed by atoms with E-state index < -0.39 is 11.9 Å². The Balaban J connectivity index is 0.900. The number of fused-ring (bicyclic) bond motifs is 2. The van der Waals surface area contributed by atoms with Crippen molar-refractivity contribution in [3.63, 3.8) is 0 Å². The fourth-order valence-corrected chi connectivity index (χ4v) is 8.99. The summed E-state index contributed by atoms with van der Waals surface area (Å²) in [6, 6.07) is 10.5. The van der Waals surface area contributed by atoms with Gasteiger partial charge in [-0.3, -0.25) is 38.5 Å². The molecule has 3 fully saturated rings. The number of methoxy groups -OCH3 is 2. The van der Waals surface area contributed by atoms with Gasteiger partial charge >= 0.3 is 5.69 Å². The molecule has 1 saturated carbocycles. The number of nitriles is 1. The number of hydrogen-bond donors (Lipinski definition) is 2. The van der Waals surface area contributed by atoms with E-state index in [2.05, 4.69) is 25.2 Å². The van der Waals surface area contributed by atoms with Crippen molar-refractivity contribution < 1.29 is 23.9 Å². The minimum Gasteiger partial charge on any atom is -0.496 e. The monoisotopic (exact) mass is 759 g/mol. The Bertz CT molecular complexity index is 2440. The van der Waals surface area contributed by atoms with Crippen molar-refractivity contribution in [1.82, 2.24) is 34.1 Å². The number of imidazole rings is 1. The van der Waals surface area contributed by atoms with E-state index in [4.69, 9.17) is 14.6 Å². The number of nitrogens with zero attached hydrogens (tertiary/aromatic N) is 7. The van der Waals surface area contributed by atoms with Gasteiger partial charge in [0.25, 0.3) is 5.91 Å². The van der Waals surface area contributed by atoms with Gasteiger partial charge in [-0.15, -0.1) is 0 Å². The van der Waals surface area contributed by atoms with Crippen LogP contribution in [0.25, 0.3) is 21.9 Å². The van der Waals surface area contributed by atoms with E-state index in [1.165, 1.54) is 18.5 Å². The summed E-state index contributed by atoms with van der Waals surface area (Å²) in [6.07, 6.45) is 11.5. The first-order valence-corrected chi connectivity index (χ1v) is 19.2. The Morgan fingerprint density at radius 1 is 0.982 bits per heavy atom. The maximum absolute atomic E-state index is 13.6. The van der Waals surface area contributed by atoms with Crippen LogP contribution in [0.1, 0.15) is 90.9 Å². The molecule has 1 atom stereocenters. The molecule has 3 aromatic heterocycles. The number of amides is 3. The summed E-state index contributed by atoms with van der Waals surface area (Å²) in [5.41, 5.74) is 4.12. The van der Waals surface area contributed by atoms with Gasteiger partial charge < -0.3 is 19.7 Å². The van der Waals surface area contributed by atoms with E-state index in [1.54, 1.807) is 30.4 Å². The zero-order chi connectivity index (χ0) is 39.1. The SMILES string of the molecule is COc1cc2nn([C@H]3CC[C@H](CN4CCC(c5c(OC)ccc6c5n(C)c(=O)n6C5CCC(=O)NC5=O)CC4)CC3)cc2cc1NC(=O)c1cncc(C#N)c1. The maximum Gasteiger partial charge on any atom is 0.329 e. The lowest BCUT2D eigenvalue weighted by Gasteiger charge is -2.37. The van der Waals surface area contributed by atoms with Gasteiger partial charge in [0, 0.05) is 55.6 Å². The third-order valence-corrected chi connectivity index (χ3v) is 11.9. The molecule has 5 heterocycles. The molecule has 0 bridgehead atoms. The second-order valence-corrected chi connectivity index (χ2v) is 15.2. The Morgan fingerprint density at radius 3 is 2.46 bits per heavy atom. The molecule has 2 aliphatic heterocycles. The van der Waals surface area contributed by atoms with Crippen LogP contribution >= 0.6 is 0 Å². The average molecular weight is 760 g/mol. The molecule has 2 aromatic carbocycles. The zero-order valence-corrected chi connectivity index (χ0v) is 31.8. The summed E-state index contributed by atoms with van der Waals surface area (Å²) in [5, 5.41) is 20.3. The lowest BCUT2D eigenvalue weighted by Crippen LogP contribution is -2.44. The molecule has 0 spiro atoms. The highest BCUT2D eigenvalue weighted by atomic mass is 16.5. The molecule has 1 unspecified atom stereocenters. The van der Waals surface area contributed by atoms with Crippen LogP contribution in [0.4, 0.5) is 5.69 Å². The number of rotatable bonds is 9. The predicted molar refractivity (Wildman–Crippen MR) is 208 cm³/mol. The molecule has 3 amide bonds. The average Bonchev–Trinajstić information content (AvgIpc) is 3.74. The molecule has 2 saturated heterocycles. The molecule has 8 rings (SSSR count). The summed E-state index contributed by atoms with van der Waals surface area (Å²) in [7, 11) is 4.96. The topological polar surface area (TPSA) is 178 Å². The van der Waals surface area contributed by atoms with E-state index in [0.29, 0.717) is 34.9 Å². The van der Waals surface area contributed by atoms with E-state index in [0.717, 1.165) is 85.9 Å². The van der Waals surface area contributed by atoms with Crippen LogP contribution in [0, 0.1) is 17.2 Å². The highest BCUT2D eigenvalue weighted by Crippen LogP contribution is 2.41. The second-order valence-electron chi connectivity index (χ2n) is 15.2. The second kappa shape index (κ2) is 15.3. The minimum absolute atomic E-state index is 0.192. The summed E-state index contributed by atoms with van der Waals surface area (Å²) >= 11 is 0. The van der Waals surface area contributed by atoms with Crippen molar-refractivity contribution in [3.8, 4) is 17.6 Å². The number of benzene rings is 2. The van der Waals surface area contributed by atoms with Gasteiger partial charge in [0.2, 0.25) is 11.8 Å². The number of pyridine rings is 1. The molecule has 5 aromatic rings. The number of ether oxygens (including phenoxy) is 2. The van der Waals surface area contributed by atoms with Gasteiger partial charge in [0.15, 0.2) is 0 Å². The number of likely N-dealkylation sites (tertiary alicyclic amines) is 1. The van der Waals surface area contributed by atoms with Gasteiger partial charge in [-0.25, -0.2) is 4.79 Å². The normalized spacial score (nSPS) is 20.9. The van der Waals surface area contributed by atoms with Crippen LogP contribution in [0.3, 0.4) is 0 Å². The molecule has 15 heteroatoms. The highest BCUT2D eigenvalue weighted by Gasteiger charge is 2.34. The van der Waals surface area contributed by atoms with Crippen molar-refractivity contribution in [1.29, 1.82) is 5.26 Å². The molecule has 1 aliphatic carbocycles. The largest absolute Gasteiger partial charge is 0.496 e. The number of carbonyl (C=O) groups is 3. The summed E-state index contributed by atoms with van der Waals surface area (Å²) in [5.74, 6) is 0.892. The van der Waals surface area contributed by atoms with Gasteiger partial charge in [0.1, 0.15) is 23.6 Å². The number of piperidine rings is 2. The Kier molecular flexibility index (Phi) is 10.1. The van der Waals surface area contributed by atoms with Crippen LogP contribution in [-0.4, -0.2) is 80.4 Å². The van der Waals surface area contributed by atoms with E-state index in [-0.39, 0.29) is 41.4 Å². The smallest absolute Gasteiger partial charge is 0.329 e. The van der Waals surface area contributed by atoms with Crippen LogP contribution in [-0.2, 0) is 16.6 Å². The number of hydrogen-bond acceptors (Lipinski definition) is 10. The predicted octanol–water partition coefficient (Wildman–Crippen LogP) is 4.81. The molecule has 290 valence electrons. The fraction of sp³-hybridized carbons (Fsp3) is 0.439. The van der Waals surface area contributed by atoms with Crippen LogP contribution in [0.15, 0.2) is 53.7 Å². The van der Waals surface area contributed by atoms with Crippen molar-refractivity contribution >= 4 is 45.3 Å². The molecule has 3 aliphatic rings. The molecule has 56 heavy (non-hydrogen) atoms. The van der Waals surface area contributed by atoms with Crippen molar-refractivity contribution in [2.75, 3.05) is 39.2 Å². The maximum atomic E-state index is 13.6. The third-order valence-electron chi connectivity index (χ3n) is 11.9. The molecule has 2 N–H and O–H groups in total. The Hall–Kier alpha value is -6.01. The summed E-state index contributed by atoms with van der Waals surface area (Å²) in [4.78, 5) is 57.8. The van der Waals surface area contributed by atoms with Crippen molar-refractivity contribution in [3.05, 3.63) is 76.1 Å². The summed E-state index contributed by atoms with van der Waals surface area (Å²) in [6.45, 7) is 2.92. The number of imide groups is 1. The minimum atomic E-state index is -0.732. The van der Waals surface area contributed by atoms with E-state index in [1.807, 2.05) is 36.5 Å². The number of carbonyl (C=O) groups excluding carboxylic acids is 3. The van der Waals surface area contributed by atoms with Gasteiger partial charge in [-0.2, -0.15) is 10.4 Å². The standard InChI is InChI=1S/C41H45N9O6/c1-47-38-32(50(41(47)54)33-9-11-36(51)45-40(33)53)8-10-34(55-2)37(38)26-12-14-48(15-13-26)22-24-4-6-29(7-5-24)49-23-28-17-31(35(56-3)18-30(28)46-49)44-39(52)27-16-25(19-42)20-43-21-27/h8,10,16-18,20-21,23-24,26,29,33H,4-7,9,11-15,22H2,1-3H3,(H,44,52)(H,45,51,53)/t24-,29-,33?. The Labute approximate surface area is 323 Å². The zero-order valence-electron chi connectivity index (χ0n) is 31.8. The molecule has 15 nitrogen and oxygen atoms in total. The number of aryl methyl sites for hydroxylation is 1. The highest BCUT2D eigenvalue weighted by molar-refractivity contribution is 6.06. The first kappa shape index (κ1) is 36.9. The third kappa shape index (κ3) is 6.89. The first-order chi connectivity index (χ1) is 27.1.